The van der Waals surface area contributed by atoms with Crippen LogP contribution in [0.1, 0.15) is 0 Å². The summed E-state index contributed by atoms with van der Waals surface area (Å²) in [5.74, 6) is -0.860. The van der Waals surface area contributed by atoms with E-state index < -0.39 is 11.6 Å². The number of hydrogen-bond donors (Lipinski definition) is 2. The SMILES string of the molecule is Oc1cc(-c2nc3ccc(-c4ccc(O)c(Cl)c4)cc3o2)ccc1F. The molecule has 0 aliphatic heterocycles. The second kappa shape index (κ2) is 5.79. The van der Waals surface area contributed by atoms with Crippen LogP contribution in [0.25, 0.3) is 33.7 Å². The molecule has 0 saturated heterocycles. The second-order valence-corrected chi connectivity index (χ2v) is 5.94. The van der Waals surface area contributed by atoms with E-state index in [0.29, 0.717) is 16.7 Å². The van der Waals surface area contributed by atoms with Gasteiger partial charge in [-0.3, -0.25) is 0 Å². The van der Waals surface area contributed by atoms with Gasteiger partial charge in [0, 0.05) is 5.56 Å². The van der Waals surface area contributed by atoms with Gasteiger partial charge in [0.25, 0.3) is 0 Å². The molecule has 1 heterocycles. The maximum absolute atomic E-state index is 13.2. The first-order chi connectivity index (χ1) is 12.0. The Balaban J connectivity index is 1.78. The summed E-state index contributed by atoms with van der Waals surface area (Å²) in [4.78, 5) is 4.35. The summed E-state index contributed by atoms with van der Waals surface area (Å²) in [7, 11) is 0. The molecular weight excluding hydrogens is 345 g/mol. The zero-order chi connectivity index (χ0) is 17.6. The number of phenols is 2. The smallest absolute Gasteiger partial charge is 0.227 e. The molecule has 2 N–H and O–H groups in total. The fourth-order valence-corrected chi connectivity index (χ4v) is 2.74. The molecule has 3 aromatic carbocycles. The van der Waals surface area contributed by atoms with E-state index in [1.807, 2.05) is 6.07 Å². The van der Waals surface area contributed by atoms with Crippen LogP contribution in [0.3, 0.4) is 0 Å². The quantitative estimate of drug-likeness (QED) is 0.507. The Morgan fingerprint density at radius 1 is 0.840 bits per heavy atom. The molecule has 124 valence electrons. The zero-order valence-corrected chi connectivity index (χ0v) is 13.5. The van der Waals surface area contributed by atoms with Gasteiger partial charge >= 0.3 is 0 Å². The summed E-state index contributed by atoms with van der Waals surface area (Å²) >= 11 is 5.95. The van der Waals surface area contributed by atoms with E-state index in [9.17, 15) is 14.6 Å². The van der Waals surface area contributed by atoms with Crippen LogP contribution in [0.2, 0.25) is 5.02 Å². The van der Waals surface area contributed by atoms with Crippen LogP contribution in [-0.2, 0) is 0 Å². The fourth-order valence-electron chi connectivity index (χ4n) is 2.56. The molecule has 0 bridgehead atoms. The largest absolute Gasteiger partial charge is 0.506 e. The molecule has 0 spiro atoms. The third-order valence-corrected chi connectivity index (χ3v) is 4.17. The van der Waals surface area contributed by atoms with Crippen molar-refractivity contribution in [3.8, 4) is 34.1 Å². The minimum Gasteiger partial charge on any atom is -0.506 e. The number of rotatable bonds is 2. The van der Waals surface area contributed by atoms with Crippen LogP contribution >= 0.6 is 11.6 Å². The van der Waals surface area contributed by atoms with E-state index >= 15 is 0 Å². The van der Waals surface area contributed by atoms with Gasteiger partial charge in [0.15, 0.2) is 17.1 Å². The number of aromatic nitrogens is 1. The molecule has 0 fully saturated rings. The maximum atomic E-state index is 13.2. The lowest BCUT2D eigenvalue weighted by Crippen LogP contribution is -1.80. The van der Waals surface area contributed by atoms with Crippen LogP contribution in [0, 0.1) is 5.82 Å². The number of benzene rings is 3. The third kappa shape index (κ3) is 2.79. The highest BCUT2D eigenvalue weighted by atomic mass is 35.5. The predicted molar refractivity (Wildman–Crippen MR) is 93.2 cm³/mol. The minimum atomic E-state index is -0.702. The van der Waals surface area contributed by atoms with Gasteiger partial charge in [0.05, 0.1) is 5.02 Å². The van der Waals surface area contributed by atoms with Crippen molar-refractivity contribution in [2.45, 2.75) is 0 Å². The number of aromatic hydroxyl groups is 2. The van der Waals surface area contributed by atoms with Crippen LogP contribution < -0.4 is 0 Å². The summed E-state index contributed by atoms with van der Waals surface area (Å²) in [6.45, 7) is 0. The highest BCUT2D eigenvalue weighted by Gasteiger charge is 2.12. The van der Waals surface area contributed by atoms with Crippen molar-refractivity contribution in [3.63, 3.8) is 0 Å². The molecule has 4 rings (SSSR count). The maximum Gasteiger partial charge on any atom is 0.227 e. The Hall–Kier alpha value is -3.05. The normalized spacial score (nSPS) is 11.1. The van der Waals surface area contributed by atoms with Gasteiger partial charge in [-0.2, -0.15) is 0 Å². The van der Waals surface area contributed by atoms with Gasteiger partial charge in [0.2, 0.25) is 5.89 Å². The van der Waals surface area contributed by atoms with Gasteiger partial charge in [0.1, 0.15) is 11.3 Å². The topological polar surface area (TPSA) is 66.5 Å². The van der Waals surface area contributed by atoms with Gasteiger partial charge in [-0.1, -0.05) is 23.7 Å². The first-order valence-electron chi connectivity index (χ1n) is 7.39. The van der Waals surface area contributed by atoms with E-state index in [-0.39, 0.29) is 16.7 Å². The molecule has 0 saturated carbocycles. The monoisotopic (exact) mass is 355 g/mol. The second-order valence-electron chi connectivity index (χ2n) is 5.53. The number of phenolic OH excluding ortho intramolecular Hbond substituents is 2. The highest BCUT2D eigenvalue weighted by molar-refractivity contribution is 6.32. The first-order valence-corrected chi connectivity index (χ1v) is 7.77. The van der Waals surface area contributed by atoms with Crippen molar-refractivity contribution in [1.82, 2.24) is 4.98 Å². The standard InChI is InChI=1S/C19H11ClFNO3/c20-13-7-10(3-6-16(13)23)11-2-5-15-18(9-11)25-19(22-15)12-1-4-14(21)17(24)8-12/h1-9,23-24H. The number of oxazole rings is 1. The van der Waals surface area contributed by atoms with Gasteiger partial charge in [-0.25, -0.2) is 9.37 Å². The highest BCUT2D eigenvalue weighted by Crippen LogP contribution is 2.33. The summed E-state index contributed by atoms with van der Waals surface area (Å²) in [6, 6.07) is 14.3. The van der Waals surface area contributed by atoms with E-state index in [0.717, 1.165) is 17.2 Å². The Morgan fingerprint density at radius 3 is 2.32 bits per heavy atom. The zero-order valence-electron chi connectivity index (χ0n) is 12.7. The first kappa shape index (κ1) is 15.5. The summed E-state index contributed by atoms with van der Waals surface area (Å²) in [5, 5.41) is 19.3. The average molecular weight is 356 g/mol. The van der Waals surface area contributed by atoms with Gasteiger partial charge in [-0.15, -0.1) is 0 Å². The summed E-state index contributed by atoms with van der Waals surface area (Å²) in [5.41, 5.74) is 3.32. The van der Waals surface area contributed by atoms with Crippen molar-refractivity contribution in [1.29, 1.82) is 0 Å². The Morgan fingerprint density at radius 2 is 1.56 bits per heavy atom. The van der Waals surface area contributed by atoms with Gasteiger partial charge < -0.3 is 14.6 Å². The number of hydrogen-bond acceptors (Lipinski definition) is 4. The molecule has 0 aliphatic rings. The molecule has 25 heavy (non-hydrogen) atoms. The number of halogens is 2. The van der Waals surface area contributed by atoms with Crippen molar-refractivity contribution in [2.24, 2.45) is 0 Å². The van der Waals surface area contributed by atoms with Crippen molar-refractivity contribution >= 4 is 22.7 Å². The van der Waals surface area contributed by atoms with E-state index in [1.165, 1.54) is 18.2 Å². The third-order valence-electron chi connectivity index (χ3n) is 3.86. The van der Waals surface area contributed by atoms with Crippen molar-refractivity contribution in [3.05, 3.63) is 65.4 Å². The van der Waals surface area contributed by atoms with E-state index in [2.05, 4.69) is 4.98 Å². The van der Waals surface area contributed by atoms with Gasteiger partial charge in [-0.05, 0) is 53.6 Å². The lowest BCUT2D eigenvalue weighted by molar-refractivity contribution is 0.432. The Bertz CT molecular complexity index is 1060. The molecule has 6 heteroatoms. The van der Waals surface area contributed by atoms with Crippen molar-refractivity contribution < 1.29 is 19.0 Å². The molecule has 0 aliphatic carbocycles. The minimum absolute atomic E-state index is 0.0181. The summed E-state index contributed by atoms with van der Waals surface area (Å²) in [6.07, 6.45) is 0. The molecule has 0 amide bonds. The lowest BCUT2D eigenvalue weighted by Gasteiger charge is -2.03. The Labute approximate surface area is 146 Å². The predicted octanol–water partition coefficient (Wildman–Crippen LogP) is 5.37. The molecule has 0 radical (unpaired) electrons. The van der Waals surface area contributed by atoms with E-state index in [4.69, 9.17) is 16.0 Å². The fraction of sp³-hybridized carbons (Fsp3) is 0. The molecule has 0 unspecified atom stereocenters. The molecule has 0 atom stereocenters. The lowest BCUT2D eigenvalue weighted by atomic mass is 10.1. The molecular formula is C19H11ClFNO3. The molecule has 4 aromatic rings. The number of fused-ring (bicyclic) bond motifs is 1. The molecule has 1 aromatic heterocycles. The van der Waals surface area contributed by atoms with Crippen LogP contribution in [0.15, 0.2) is 59.0 Å². The van der Waals surface area contributed by atoms with Crippen LogP contribution in [0.5, 0.6) is 11.5 Å². The summed E-state index contributed by atoms with van der Waals surface area (Å²) < 4.78 is 18.9. The van der Waals surface area contributed by atoms with Crippen LogP contribution in [-0.4, -0.2) is 15.2 Å². The number of nitrogens with zero attached hydrogens (tertiary/aromatic N) is 1. The van der Waals surface area contributed by atoms with Crippen molar-refractivity contribution in [2.75, 3.05) is 0 Å². The van der Waals surface area contributed by atoms with E-state index in [1.54, 1.807) is 24.3 Å². The Kier molecular flexibility index (Phi) is 3.58. The average Bonchev–Trinajstić information content (AvgIpc) is 3.03. The molecule has 4 nitrogen and oxygen atoms in total. The van der Waals surface area contributed by atoms with Crippen LogP contribution in [0.4, 0.5) is 4.39 Å².